The van der Waals surface area contributed by atoms with Crippen molar-refractivity contribution >= 4 is 91.1 Å². The summed E-state index contributed by atoms with van der Waals surface area (Å²) in [4.78, 5) is 14.2. The lowest BCUT2D eigenvalue weighted by Gasteiger charge is -2.49. The Balaban J connectivity index is 7.76. The lowest BCUT2D eigenvalue weighted by atomic mass is 10.4. The zero-order chi connectivity index (χ0) is 42.3. The van der Waals surface area contributed by atoms with Gasteiger partial charge in [-0.3, -0.25) is 0 Å². The molecule has 0 atom stereocenters. The molecule has 0 aromatic rings. The third kappa shape index (κ3) is 26.6. The number of nitrogens with zero attached hydrogens (tertiary/aromatic N) is 1. The van der Waals surface area contributed by atoms with Crippen molar-refractivity contribution in [1.29, 1.82) is 0 Å². The van der Waals surface area contributed by atoms with Gasteiger partial charge < -0.3 is 46.7 Å². The molecule has 0 radical (unpaired) electrons. The monoisotopic (exact) mass is 923 g/mol. The highest BCUT2D eigenvalue weighted by molar-refractivity contribution is 6.95. The second-order valence-corrected chi connectivity index (χ2v) is 59.9. The van der Waals surface area contributed by atoms with E-state index in [1.807, 2.05) is 26.7 Å². The average molecular weight is 925 g/mol. The fraction of sp³-hybridized carbons (Fsp3) is 0.903. The van der Waals surface area contributed by atoms with E-state index in [2.05, 4.69) is 129 Å². The Morgan fingerprint density at radius 1 is 0.472 bits per heavy atom. The Labute approximate surface area is 336 Å². The minimum absolute atomic E-state index is 0.255. The van der Waals surface area contributed by atoms with Crippen LogP contribution in [0.4, 0.5) is 0 Å². The standard InChI is InChI=1S/C31H81NO11Si10/c1-30(2)31(33)34-28-27-32(3)26-25-29-53(41-50(22,35-44(4,5)6)36-45(7,8)9,42-51(23,37-46(10,11)12)38-47(13,14)15)43-52(24,39-48(16,17)18)40-49(19,20)21/h1,25-29H2,2-24H3. The smallest absolute Gasteiger partial charge is 0.461 e. The number of hydrogen-bond acceptors (Lipinski definition) is 12. The number of hydrogen-bond donors (Lipinski definition) is 0. The summed E-state index contributed by atoms with van der Waals surface area (Å²) >= 11 is 0. The predicted molar refractivity (Wildman–Crippen MR) is 243 cm³/mol. The van der Waals surface area contributed by atoms with Gasteiger partial charge in [0.25, 0.3) is 0 Å². The van der Waals surface area contributed by atoms with Crippen molar-refractivity contribution in [3.63, 3.8) is 0 Å². The largest absolute Gasteiger partial charge is 0.478 e. The first-order valence-electron chi connectivity index (χ1n) is 18.9. The Morgan fingerprint density at radius 3 is 0.962 bits per heavy atom. The van der Waals surface area contributed by atoms with Gasteiger partial charge in [-0.05, 0) is 145 Å². The molecule has 0 amide bonds. The minimum Gasteiger partial charge on any atom is -0.461 e. The number of likely N-dealkylation sites (N-methyl/N-ethyl adjacent to an activating group) is 1. The van der Waals surface area contributed by atoms with Gasteiger partial charge in [-0.25, -0.2) is 4.79 Å². The molecule has 0 aromatic heterocycles. The number of carbonyl (C=O) groups excluding carboxylic acids is 1. The topological polar surface area (TPSA) is 113 Å². The van der Waals surface area contributed by atoms with Gasteiger partial charge in [0.15, 0.2) is 49.9 Å². The number of esters is 1. The van der Waals surface area contributed by atoms with Gasteiger partial charge in [0.2, 0.25) is 0 Å². The molecule has 0 aliphatic carbocycles. The molecule has 0 rings (SSSR count). The van der Waals surface area contributed by atoms with E-state index < -0.39 is 91.1 Å². The Bertz CT molecular complexity index is 1020. The molecule has 0 saturated heterocycles. The third-order valence-electron chi connectivity index (χ3n) is 6.05. The summed E-state index contributed by atoms with van der Waals surface area (Å²) < 4.78 is 69.9. The zero-order valence-electron chi connectivity index (χ0n) is 38.2. The summed E-state index contributed by atoms with van der Waals surface area (Å²) in [6, 6.07) is 0.412. The fourth-order valence-corrected chi connectivity index (χ4v) is 47.5. The first kappa shape index (κ1) is 54.0. The van der Waals surface area contributed by atoms with Gasteiger partial charge in [-0.1, -0.05) is 6.58 Å². The molecule has 0 aromatic carbocycles. The third-order valence-corrected chi connectivity index (χ3v) is 38.8. The van der Waals surface area contributed by atoms with Crippen LogP contribution in [-0.4, -0.2) is 123 Å². The van der Waals surface area contributed by atoms with Gasteiger partial charge in [-0.15, -0.1) is 0 Å². The van der Waals surface area contributed by atoms with E-state index in [0.29, 0.717) is 31.1 Å². The summed E-state index contributed by atoms with van der Waals surface area (Å²) in [6.45, 7) is 51.5. The van der Waals surface area contributed by atoms with E-state index in [0.717, 1.165) is 0 Å². The number of ether oxygens (including phenoxy) is 1. The van der Waals surface area contributed by atoms with Crippen molar-refractivity contribution in [2.45, 2.75) is 157 Å². The first-order chi connectivity index (χ1) is 23.1. The van der Waals surface area contributed by atoms with Crippen LogP contribution in [0.5, 0.6) is 0 Å². The maximum Gasteiger partial charge on any atom is 0.478 e. The Kier molecular flexibility index (Phi) is 20.2. The van der Waals surface area contributed by atoms with Gasteiger partial charge in [-0.2, -0.15) is 0 Å². The van der Waals surface area contributed by atoms with Crippen molar-refractivity contribution < 1.29 is 46.6 Å². The minimum atomic E-state index is -3.99. The molecule has 12 nitrogen and oxygen atoms in total. The van der Waals surface area contributed by atoms with Gasteiger partial charge >= 0.3 is 41.2 Å². The van der Waals surface area contributed by atoms with Crippen molar-refractivity contribution in [2.24, 2.45) is 0 Å². The summed E-state index contributed by atoms with van der Waals surface area (Å²) in [6.07, 6.45) is 0.635. The van der Waals surface area contributed by atoms with Gasteiger partial charge in [0.1, 0.15) is 6.61 Å². The molecule has 0 N–H and O–H groups in total. The van der Waals surface area contributed by atoms with Gasteiger partial charge in [0, 0.05) is 37.8 Å². The highest BCUT2D eigenvalue weighted by Gasteiger charge is 2.63. The maximum atomic E-state index is 12.0. The van der Waals surface area contributed by atoms with E-state index in [4.69, 9.17) is 41.8 Å². The molecular formula is C31H81NO11Si10. The molecule has 53 heavy (non-hydrogen) atoms. The van der Waals surface area contributed by atoms with Crippen LogP contribution in [0.25, 0.3) is 0 Å². The van der Waals surface area contributed by atoms with E-state index in [9.17, 15) is 4.79 Å². The van der Waals surface area contributed by atoms with Crippen LogP contribution in [-0.2, 0) is 46.6 Å². The van der Waals surface area contributed by atoms with Crippen LogP contribution in [0.1, 0.15) is 13.3 Å². The van der Waals surface area contributed by atoms with Crippen LogP contribution in [0, 0.1) is 0 Å². The van der Waals surface area contributed by atoms with Crippen LogP contribution in [0.15, 0.2) is 12.2 Å². The predicted octanol–water partition coefficient (Wildman–Crippen LogP) is 9.23. The van der Waals surface area contributed by atoms with Crippen molar-refractivity contribution in [2.75, 3.05) is 26.7 Å². The van der Waals surface area contributed by atoms with Crippen molar-refractivity contribution in [1.82, 2.24) is 4.90 Å². The van der Waals surface area contributed by atoms with E-state index in [-0.39, 0.29) is 6.61 Å². The fourth-order valence-electron chi connectivity index (χ4n) is 5.68. The maximum absolute atomic E-state index is 12.0. The zero-order valence-corrected chi connectivity index (χ0v) is 48.2. The SMILES string of the molecule is C=C(C)C(=O)OCCN(C)CCC[Si](O[Si](C)(O[Si](C)(C)C)O[Si](C)(C)C)(O[Si](C)(O[Si](C)(C)C)O[Si](C)(C)C)O[Si](C)(O[Si](C)(C)C)O[Si](C)(C)C. The lowest BCUT2D eigenvalue weighted by molar-refractivity contribution is -0.139. The molecule has 22 heteroatoms. The number of rotatable bonds is 26. The van der Waals surface area contributed by atoms with Gasteiger partial charge in [0.05, 0.1) is 0 Å². The number of carbonyl (C=O) groups is 1. The second kappa shape index (κ2) is 19.8. The molecule has 0 heterocycles. The first-order valence-corrected chi connectivity index (χ1v) is 48.0. The van der Waals surface area contributed by atoms with Crippen LogP contribution >= 0.6 is 0 Å². The summed E-state index contributed by atoms with van der Waals surface area (Å²) in [5.74, 6) is -0.392. The van der Waals surface area contributed by atoms with E-state index >= 15 is 0 Å². The molecule has 0 aliphatic rings. The van der Waals surface area contributed by atoms with E-state index in [1.165, 1.54) is 0 Å². The van der Waals surface area contributed by atoms with Crippen LogP contribution < -0.4 is 0 Å². The second-order valence-electron chi connectivity index (χ2n) is 20.2. The molecule has 316 valence electrons. The summed E-state index contributed by atoms with van der Waals surface area (Å²) in [5.41, 5.74) is 0.379. The molecular weight excluding hydrogens is 843 g/mol. The van der Waals surface area contributed by atoms with Crippen LogP contribution in [0.2, 0.25) is 144 Å². The molecule has 0 aliphatic heterocycles. The average Bonchev–Trinajstić information content (AvgIpc) is 2.74. The molecule has 0 fully saturated rings. The van der Waals surface area contributed by atoms with E-state index in [1.54, 1.807) is 6.92 Å². The molecule has 0 saturated carbocycles. The van der Waals surface area contributed by atoms with Crippen molar-refractivity contribution in [3.8, 4) is 0 Å². The van der Waals surface area contributed by atoms with Crippen molar-refractivity contribution in [3.05, 3.63) is 12.2 Å². The highest BCUT2D eigenvalue weighted by atomic mass is 28.6. The molecule has 0 bridgehead atoms. The normalized spacial score (nSPS) is 14.9. The molecule has 0 spiro atoms. The Hall–Kier alpha value is 0.979. The summed E-state index contributed by atoms with van der Waals surface area (Å²) in [5, 5.41) is 0. The lowest BCUT2D eigenvalue weighted by Crippen LogP contribution is -2.71. The summed E-state index contributed by atoms with van der Waals surface area (Å²) in [7, 11) is -25.8. The highest BCUT2D eigenvalue weighted by Crippen LogP contribution is 2.37. The Morgan fingerprint density at radius 2 is 0.736 bits per heavy atom. The van der Waals surface area contributed by atoms with Crippen LogP contribution in [0.3, 0.4) is 0 Å². The quantitative estimate of drug-likeness (QED) is 0.0469. The molecule has 0 unspecified atom stereocenters.